The molecular weight excluding hydrogens is 290 g/mol. The van der Waals surface area contributed by atoms with Gasteiger partial charge in [0.2, 0.25) is 0 Å². The molecule has 108 valence electrons. The van der Waals surface area contributed by atoms with Crippen LogP contribution in [0.2, 0.25) is 0 Å². The molecule has 2 N–H and O–H groups in total. The highest BCUT2D eigenvalue weighted by Gasteiger charge is 2.11. The third-order valence-corrected chi connectivity index (χ3v) is 3.38. The van der Waals surface area contributed by atoms with Gasteiger partial charge >= 0.3 is 5.97 Å². The maximum Gasteiger partial charge on any atom is 0.335 e. The highest BCUT2D eigenvalue weighted by molar-refractivity contribution is 6.17. The first-order valence-electron chi connectivity index (χ1n) is 6.31. The summed E-state index contributed by atoms with van der Waals surface area (Å²) in [5.41, 5.74) is 2.73. The van der Waals surface area contributed by atoms with Crippen LogP contribution in [0.4, 0.5) is 5.69 Å². The smallest absolute Gasteiger partial charge is 0.335 e. The second-order valence-corrected chi connectivity index (χ2v) is 4.89. The van der Waals surface area contributed by atoms with Gasteiger partial charge in [0, 0.05) is 17.1 Å². The first-order valence-corrected chi connectivity index (χ1v) is 6.85. The van der Waals surface area contributed by atoms with Crippen molar-refractivity contribution in [1.82, 2.24) is 0 Å². The average Bonchev–Trinajstić information content (AvgIpc) is 2.49. The van der Waals surface area contributed by atoms with Crippen molar-refractivity contribution in [2.24, 2.45) is 0 Å². The van der Waals surface area contributed by atoms with Crippen molar-refractivity contribution in [2.75, 3.05) is 5.32 Å². The fourth-order valence-corrected chi connectivity index (χ4v) is 2.05. The fraction of sp³-hybridized carbons (Fsp3) is 0.125. The predicted molar refractivity (Wildman–Crippen MR) is 82.1 cm³/mol. The third kappa shape index (κ3) is 3.61. The van der Waals surface area contributed by atoms with Crippen molar-refractivity contribution >= 4 is 29.2 Å². The van der Waals surface area contributed by atoms with E-state index in [-0.39, 0.29) is 11.5 Å². The van der Waals surface area contributed by atoms with E-state index in [4.69, 9.17) is 16.7 Å². The number of carbonyl (C=O) groups excluding carboxylic acids is 1. The first-order chi connectivity index (χ1) is 10.0. The topological polar surface area (TPSA) is 66.4 Å². The zero-order chi connectivity index (χ0) is 15.4. The van der Waals surface area contributed by atoms with E-state index in [9.17, 15) is 9.59 Å². The minimum Gasteiger partial charge on any atom is -0.478 e. The normalized spacial score (nSPS) is 10.2. The minimum absolute atomic E-state index is 0.130. The molecule has 21 heavy (non-hydrogen) atoms. The molecule has 0 radical (unpaired) electrons. The van der Waals surface area contributed by atoms with Gasteiger partial charge in [0.05, 0.1) is 5.56 Å². The molecule has 0 heterocycles. The average molecular weight is 304 g/mol. The lowest BCUT2D eigenvalue weighted by atomic mass is 10.1. The van der Waals surface area contributed by atoms with Crippen molar-refractivity contribution in [3.05, 3.63) is 64.7 Å². The summed E-state index contributed by atoms with van der Waals surface area (Å²) in [4.78, 5) is 23.2. The molecule has 0 aliphatic carbocycles. The molecule has 2 rings (SSSR count). The lowest BCUT2D eigenvalue weighted by Crippen LogP contribution is -2.13. The summed E-state index contributed by atoms with van der Waals surface area (Å²) in [6.07, 6.45) is 0. The van der Waals surface area contributed by atoms with Gasteiger partial charge in [-0.25, -0.2) is 4.79 Å². The van der Waals surface area contributed by atoms with Crippen LogP contribution in [-0.2, 0) is 5.88 Å². The maximum absolute atomic E-state index is 12.2. The second kappa shape index (κ2) is 6.41. The third-order valence-electron chi connectivity index (χ3n) is 3.08. The van der Waals surface area contributed by atoms with E-state index in [1.807, 2.05) is 6.07 Å². The number of carboxylic acids is 1. The van der Waals surface area contributed by atoms with Crippen molar-refractivity contribution in [2.45, 2.75) is 12.8 Å². The van der Waals surface area contributed by atoms with Gasteiger partial charge in [-0.05, 0) is 42.3 Å². The number of nitrogens with one attached hydrogen (secondary N) is 1. The molecule has 2 aromatic carbocycles. The van der Waals surface area contributed by atoms with E-state index in [0.29, 0.717) is 17.1 Å². The molecule has 0 aliphatic heterocycles. The summed E-state index contributed by atoms with van der Waals surface area (Å²) in [6, 6.07) is 11.6. The number of alkyl halides is 1. The Morgan fingerprint density at radius 2 is 1.90 bits per heavy atom. The summed E-state index contributed by atoms with van der Waals surface area (Å²) in [6.45, 7) is 1.80. The molecule has 0 spiro atoms. The van der Waals surface area contributed by atoms with Crippen molar-refractivity contribution in [3.8, 4) is 0 Å². The molecule has 0 unspecified atom stereocenters. The molecular formula is C16H14ClNO3. The van der Waals surface area contributed by atoms with E-state index >= 15 is 0 Å². The molecule has 5 heteroatoms. The Morgan fingerprint density at radius 1 is 1.14 bits per heavy atom. The number of amides is 1. The number of benzene rings is 2. The van der Waals surface area contributed by atoms with E-state index in [0.717, 1.165) is 11.1 Å². The second-order valence-electron chi connectivity index (χ2n) is 4.62. The molecule has 0 atom stereocenters. The van der Waals surface area contributed by atoms with Gasteiger partial charge in [-0.2, -0.15) is 0 Å². The Bertz CT molecular complexity index is 698. The molecule has 0 aromatic heterocycles. The quantitative estimate of drug-likeness (QED) is 0.847. The number of hydrogen-bond donors (Lipinski definition) is 2. The van der Waals surface area contributed by atoms with E-state index in [2.05, 4.69) is 5.32 Å². The summed E-state index contributed by atoms with van der Waals surface area (Å²) in [5, 5.41) is 11.7. The van der Waals surface area contributed by atoms with Crippen LogP contribution in [0, 0.1) is 6.92 Å². The summed E-state index contributed by atoms with van der Waals surface area (Å²) < 4.78 is 0. The van der Waals surface area contributed by atoms with Crippen LogP contribution in [0.15, 0.2) is 42.5 Å². The zero-order valence-corrected chi connectivity index (χ0v) is 12.1. The Hall–Kier alpha value is -2.33. The Labute approximate surface area is 127 Å². The van der Waals surface area contributed by atoms with Crippen LogP contribution in [0.5, 0.6) is 0 Å². The highest BCUT2D eigenvalue weighted by atomic mass is 35.5. The Kier molecular flexibility index (Phi) is 4.60. The number of anilines is 1. The van der Waals surface area contributed by atoms with Crippen LogP contribution in [0.1, 0.15) is 31.8 Å². The van der Waals surface area contributed by atoms with Crippen molar-refractivity contribution in [3.63, 3.8) is 0 Å². The van der Waals surface area contributed by atoms with Crippen LogP contribution in [0.3, 0.4) is 0 Å². The van der Waals surface area contributed by atoms with Gasteiger partial charge in [-0.3, -0.25) is 4.79 Å². The first kappa shape index (κ1) is 15.1. The Balaban J connectivity index is 2.26. The summed E-state index contributed by atoms with van der Waals surface area (Å²) in [7, 11) is 0. The summed E-state index contributed by atoms with van der Waals surface area (Å²) >= 11 is 5.75. The number of halogens is 1. The molecule has 0 aliphatic rings. The van der Waals surface area contributed by atoms with Gasteiger partial charge in [0.1, 0.15) is 0 Å². The van der Waals surface area contributed by atoms with Gasteiger partial charge in [-0.15, -0.1) is 11.6 Å². The van der Waals surface area contributed by atoms with Gasteiger partial charge in [0.25, 0.3) is 5.91 Å². The lowest BCUT2D eigenvalue weighted by molar-refractivity contribution is 0.0696. The fourth-order valence-electron chi connectivity index (χ4n) is 1.88. The van der Waals surface area contributed by atoms with E-state index in [1.165, 1.54) is 12.1 Å². The predicted octanol–water partition coefficient (Wildman–Crippen LogP) is 3.68. The van der Waals surface area contributed by atoms with Gasteiger partial charge in [0.15, 0.2) is 0 Å². The number of carbonyl (C=O) groups is 2. The molecule has 0 bridgehead atoms. The SMILES string of the molecule is Cc1ccc(C(=O)O)cc1NC(=O)c1cccc(CCl)c1. The number of hydrogen-bond acceptors (Lipinski definition) is 2. The summed E-state index contributed by atoms with van der Waals surface area (Å²) in [5.74, 6) is -1.00. The van der Waals surface area contributed by atoms with Crippen LogP contribution in [-0.4, -0.2) is 17.0 Å². The van der Waals surface area contributed by atoms with Crippen LogP contribution >= 0.6 is 11.6 Å². The van der Waals surface area contributed by atoms with Gasteiger partial charge < -0.3 is 10.4 Å². The monoisotopic (exact) mass is 303 g/mol. The molecule has 4 nitrogen and oxygen atoms in total. The van der Waals surface area contributed by atoms with Gasteiger partial charge in [-0.1, -0.05) is 18.2 Å². The molecule has 1 amide bonds. The zero-order valence-electron chi connectivity index (χ0n) is 11.4. The number of aromatic carboxylic acids is 1. The number of carboxylic acid groups (broad SMARTS) is 1. The number of aryl methyl sites for hydroxylation is 1. The Morgan fingerprint density at radius 3 is 2.57 bits per heavy atom. The largest absolute Gasteiger partial charge is 0.478 e. The van der Waals surface area contributed by atoms with Crippen molar-refractivity contribution in [1.29, 1.82) is 0 Å². The number of rotatable bonds is 4. The van der Waals surface area contributed by atoms with Crippen molar-refractivity contribution < 1.29 is 14.7 Å². The lowest BCUT2D eigenvalue weighted by Gasteiger charge is -2.10. The highest BCUT2D eigenvalue weighted by Crippen LogP contribution is 2.18. The standard InChI is InChI=1S/C16H14ClNO3/c1-10-5-6-13(16(20)21)8-14(10)18-15(19)12-4-2-3-11(7-12)9-17/h2-8H,9H2,1H3,(H,18,19)(H,20,21). The van der Waals surface area contributed by atoms with Crippen LogP contribution < -0.4 is 5.32 Å². The van der Waals surface area contributed by atoms with E-state index < -0.39 is 5.97 Å². The molecule has 0 fully saturated rings. The minimum atomic E-state index is -1.03. The molecule has 0 saturated heterocycles. The molecule has 2 aromatic rings. The van der Waals surface area contributed by atoms with E-state index in [1.54, 1.807) is 31.2 Å². The maximum atomic E-state index is 12.2. The molecule has 0 saturated carbocycles. The van der Waals surface area contributed by atoms with Crippen LogP contribution in [0.25, 0.3) is 0 Å².